The van der Waals surface area contributed by atoms with Crippen LogP contribution in [0.2, 0.25) is 0 Å². The number of methoxy groups -OCH3 is 4. The summed E-state index contributed by atoms with van der Waals surface area (Å²) in [5, 5.41) is 6.45. The van der Waals surface area contributed by atoms with Crippen molar-refractivity contribution in [2.45, 2.75) is 31.7 Å². The molecule has 1 saturated heterocycles. The number of carbonyl (C=O) groups is 1. The second-order valence-corrected chi connectivity index (χ2v) is 8.52. The van der Waals surface area contributed by atoms with E-state index in [-0.39, 0.29) is 11.9 Å². The van der Waals surface area contributed by atoms with Crippen molar-refractivity contribution in [3.05, 3.63) is 47.5 Å². The lowest BCUT2D eigenvalue weighted by atomic mass is 9.97. The molecular weight excluding hydrogens is 434 g/mol. The van der Waals surface area contributed by atoms with Crippen LogP contribution < -0.4 is 18.9 Å². The first-order valence-corrected chi connectivity index (χ1v) is 11.6. The minimum Gasteiger partial charge on any atom is -0.497 e. The molecule has 1 atom stereocenters. The van der Waals surface area contributed by atoms with Crippen molar-refractivity contribution in [3.8, 4) is 23.0 Å². The summed E-state index contributed by atoms with van der Waals surface area (Å²) in [5.74, 6) is 2.70. The Morgan fingerprint density at radius 3 is 2.18 bits per heavy atom. The molecule has 0 aliphatic carbocycles. The van der Waals surface area contributed by atoms with Crippen molar-refractivity contribution in [2.75, 3.05) is 48.1 Å². The van der Waals surface area contributed by atoms with Crippen molar-refractivity contribution < 1.29 is 23.7 Å². The zero-order chi connectivity index (χ0) is 24.1. The smallest absolute Gasteiger partial charge is 0.257 e. The zero-order valence-electron chi connectivity index (χ0n) is 20.4. The minimum absolute atomic E-state index is 0.0211. The second kappa shape index (κ2) is 10.8. The molecule has 2 heterocycles. The van der Waals surface area contributed by atoms with Crippen LogP contribution in [0, 0.1) is 0 Å². The van der Waals surface area contributed by atoms with E-state index in [1.54, 1.807) is 33.4 Å². The molecule has 4 rings (SSSR count). The van der Waals surface area contributed by atoms with E-state index in [0.29, 0.717) is 36.0 Å². The number of ether oxygens (including phenoxy) is 4. The summed E-state index contributed by atoms with van der Waals surface area (Å²) in [6.07, 6.45) is 4.01. The first-order chi connectivity index (χ1) is 16.6. The van der Waals surface area contributed by atoms with Gasteiger partial charge in [0.15, 0.2) is 0 Å². The summed E-state index contributed by atoms with van der Waals surface area (Å²) in [4.78, 5) is 15.7. The Kier molecular flexibility index (Phi) is 7.57. The lowest BCUT2D eigenvalue weighted by molar-refractivity contribution is -0.134. The molecule has 0 bridgehead atoms. The first-order valence-electron chi connectivity index (χ1n) is 11.6. The molecule has 1 amide bonds. The molecule has 2 aliphatic rings. The largest absolute Gasteiger partial charge is 0.497 e. The lowest BCUT2D eigenvalue weighted by Crippen LogP contribution is -2.40. The number of hydrogen-bond acceptors (Lipinski definition) is 7. The van der Waals surface area contributed by atoms with Crippen LogP contribution in [0.15, 0.2) is 41.5 Å². The highest BCUT2D eigenvalue weighted by atomic mass is 16.5. The van der Waals surface area contributed by atoms with Crippen molar-refractivity contribution >= 4 is 11.6 Å². The number of benzene rings is 2. The van der Waals surface area contributed by atoms with Gasteiger partial charge in [-0.2, -0.15) is 5.10 Å². The summed E-state index contributed by atoms with van der Waals surface area (Å²) in [7, 11) is 6.49. The van der Waals surface area contributed by atoms with E-state index in [4.69, 9.17) is 24.0 Å². The summed E-state index contributed by atoms with van der Waals surface area (Å²) in [6, 6.07) is 11.0. The Balaban J connectivity index is 1.70. The highest BCUT2D eigenvalue weighted by molar-refractivity contribution is 6.05. The molecule has 0 spiro atoms. The van der Waals surface area contributed by atoms with E-state index >= 15 is 0 Å². The van der Waals surface area contributed by atoms with Gasteiger partial charge in [0.2, 0.25) is 0 Å². The second-order valence-electron chi connectivity index (χ2n) is 8.52. The average Bonchev–Trinajstić information content (AvgIpc) is 3.33. The quantitative estimate of drug-likeness (QED) is 0.587. The fraction of sp³-hybridized carbons (Fsp3) is 0.462. The summed E-state index contributed by atoms with van der Waals surface area (Å²) < 4.78 is 22.0. The third-order valence-electron chi connectivity index (χ3n) is 6.49. The van der Waals surface area contributed by atoms with Crippen LogP contribution in [0.25, 0.3) is 0 Å². The predicted molar refractivity (Wildman–Crippen MR) is 130 cm³/mol. The molecule has 2 aromatic rings. The Bertz CT molecular complexity index is 1050. The Morgan fingerprint density at radius 2 is 1.53 bits per heavy atom. The van der Waals surface area contributed by atoms with Crippen molar-refractivity contribution in [2.24, 2.45) is 5.10 Å². The third-order valence-corrected chi connectivity index (χ3v) is 6.49. The van der Waals surface area contributed by atoms with Gasteiger partial charge in [0.1, 0.15) is 23.0 Å². The number of nitrogens with zero attached hydrogens (tertiary/aromatic N) is 3. The zero-order valence-corrected chi connectivity index (χ0v) is 20.4. The van der Waals surface area contributed by atoms with Gasteiger partial charge in [-0.05, 0) is 50.2 Å². The van der Waals surface area contributed by atoms with Gasteiger partial charge in [-0.15, -0.1) is 0 Å². The predicted octanol–water partition coefficient (Wildman–Crippen LogP) is 3.88. The van der Waals surface area contributed by atoms with Gasteiger partial charge in [-0.3, -0.25) is 9.69 Å². The van der Waals surface area contributed by atoms with Crippen LogP contribution in [-0.4, -0.2) is 69.6 Å². The molecule has 1 unspecified atom stereocenters. The monoisotopic (exact) mass is 467 g/mol. The topological polar surface area (TPSA) is 72.8 Å². The van der Waals surface area contributed by atoms with Gasteiger partial charge in [0.05, 0.1) is 46.7 Å². The minimum atomic E-state index is -0.292. The summed E-state index contributed by atoms with van der Waals surface area (Å²) in [5.41, 5.74) is 2.52. The van der Waals surface area contributed by atoms with Gasteiger partial charge in [0.25, 0.3) is 5.91 Å². The maximum atomic E-state index is 13.5. The number of piperidine rings is 1. The van der Waals surface area contributed by atoms with Gasteiger partial charge >= 0.3 is 0 Å². The number of likely N-dealkylation sites (tertiary alicyclic amines) is 1. The maximum absolute atomic E-state index is 13.5. The standard InChI is InChI=1S/C26H33N3O5/c1-31-18-8-10-20(24(14-18)33-3)22-16-23(21-11-9-19(32-2)15-25(21)34-4)29(27-22)26(30)17-28-12-6-5-7-13-28/h8-11,14-15,23H,5-7,12-13,16-17H2,1-4H3. The fourth-order valence-electron chi connectivity index (χ4n) is 4.66. The van der Waals surface area contributed by atoms with Crippen LogP contribution >= 0.6 is 0 Å². The molecule has 0 N–H and O–H groups in total. The number of amides is 1. The van der Waals surface area contributed by atoms with E-state index in [1.165, 1.54) is 6.42 Å². The molecule has 0 radical (unpaired) electrons. The number of hydrogen-bond donors (Lipinski definition) is 0. The van der Waals surface area contributed by atoms with Crippen molar-refractivity contribution in [1.29, 1.82) is 0 Å². The van der Waals surface area contributed by atoms with Gasteiger partial charge in [0, 0.05) is 29.7 Å². The molecule has 8 nitrogen and oxygen atoms in total. The molecule has 2 aliphatic heterocycles. The highest BCUT2D eigenvalue weighted by Crippen LogP contribution is 2.40. The molecule has 182 valence electrons. The number of carbonyl (C=O) groups excluding carboxylic acids is 1. The lowest BCUT2D eigenvalue weighted by Gasteiger charge is -2.29. The molecule has 0 saturated carbocycles. The van der Waals surface area contributed by atoms with Crippen molar-refractivity contribution in [3.63, 3.8) is 0 Å². The Morgan fingerprint density at radius 1 is 0.882 bits per heavy atom. The maximum Gasteiger partial charge on any atom is 0.257 e. The van der Waals surface area contributed by atoms with E-state index in [0.717, 1.165) is 42.8 Å². The highest BCUT2D eigenvalue weighted by Gasteiger charge is 2.36. The Labute approximate surface area is 201 Å². The number of rotatable bonds is 8. The molecule has 0 aromatic heterocycles. The van der Waals surface area contributed by atoms with Crippen LogP contribution in [0.4, 0.5) is 0 Å². The van der Waals surface area contributed by atoms with E-state index in [2.05, 4.69) is 4.90 Å². The first kappa shape index (κ1) is 23.9. The molecule has 2 aromatic carbocycles. The molecule has 1 fully saturated rings. The molecular formula is C26H33N3O5. The number of hydrazone groups is 1. The average molecular weight is 468 g/mol. The fourth-order valence-corrected chi connectivity index (χ4v) is 4.66. The van der Waals surface area contributed by atoms with Gasteiger partial charge in [-0.25, -0.2) is 5.01 Å². The van der Waals surface area contributed by atoms with E-state index in [9.17, 15) is 4.79 Å². The normalized spacial score (nSPS) is 18.4. The van der Waals surface area contributed by atoms with Crippen LogP contribution in [-0.2, 0) is 4.79 Å². The van der Waals surface area contributed by atoms with Crippen LogP contribution in [0.1, 0.15) is 42.9 Å². The van der Waals surface area contributed by atoms with E-state index < -0.39 is 0 Å². The van der Waals surface area contributed by atoms with E-state index in [1.807, 2.05) is 36.4 Å². The summed E-state index contributed by atoms with van der Waals surface area (Å²) in [6.45, 7) is 2.24. The van der Waals surface area contributed by atoms with Gasteiger partial charge < -0.3 is 18.9 Å². The van der Waals surface area contributed by atoms with Crippen LogP contribution in [0.3, 0.4) is 0 Å². The Hall–Kier alpha value is -3.26. The summed E-state index contributed by atoms with van der Waals surface area (Å²) >= 11 is 0. The SMILES string of the molecule is COc1ccc(C2=NN(C(=O)CN3CCCCC3)C(c3ccc(OC)cc3OC)C2)c(OC)c1. The third kappa shape index (κ3) is 4.97. The van der Waals surface area contributed by atoms with Crippen LogP contribution in [0.5, 0.6) is 23.0 Å². The van der Waals surface area contributed by atoms with Gasteiger partial charge in [-0.1, -0.05) is 6.42 Å². The molecule has 8 heteroatoms. The van der Waals surface area contributed by atoms with Crippen molar-refractivity contribution in [1.82, 2.24) is 9.91 Å². The molecule has 34 heavy (non-hydrogen) atoms.